The molecule has 1 saturated heterocycles. The van der Waals surface area contributed by atoms with Crippen LogP contribution in [0.15, 0.2) is 48.5 Å². The summed E-state index contributed by atoms with van der Waals surface area (Å²) in [5, 5.41) is 0. The van der Waals surface area contributed by atoms with Crippen molar-refractivity contribution in [3.8, 4) is 0 Å². The number of carbonyl (C=O) groups excluding carboxylic acids is 1. The SMILES string of the molecule is CCCCCCn1c([C@H]2CC(=O)N(c3ccccc3F)C2)nc2ccccc21. The molecule has 2 aromatic carbocycles. The standard InChI is InChI=1S/C23H26FN3O/c1-2-3-4-9-14-26-21-13-8-6-11-19(21)25-23(26)17-15-22(28)27(16-17)20-12-7-5-10-18(20)24/h5-8,10-13,17H,2-4,9,14-16H2,1H3/t17-/m0/s1. The van der Waals surface area contributed by atoms with E-state index < -0.39 is 0 Å². The van der Waals surface area contributed by atoms with Gasteiger partial charge in [-0.3, -0.25) is 4.79 Å². The zero-order chi connectivity index (χ0) is 19.5. The number of benzene rings is 2. The number of carbonyl (C=O) groups is 1. The van der Waals surface area contributed by atoms with Crippen LogP contribution in [0, 0.1) is 5.82 Å². The smallest absolute Gasteiger partial charge is 0.227 e. The van der Waals surface area contributed by atoms with Crippen molar-refractivity contribution in [2.75, 3.05) is 11.4 Å². The second kappa shape index (κ2) is 8.13. The van der Waals surface area contributed by atoms with Crippen LogP contribution in [0.1, 0.15) is 50.8 Å². The third kappa shape index (κ3) is 3.53. The first-order valence-electron chi connectivity index (χ1n) is 10.2. The molecular formula is C23H26FN3O. The zero-order valence-electron chi connectivity index (χ0n) is 16.3. The second-order valence-corrected chi connectivity index (χ2v) is 7.53. The van der Waals surface area contributed by atoms with Gasteiger partial charge in [0.2, 0.25) is 5.91 Å². The molecular weight excluding hydrogens is 353 g/mol. The maximum absolute atomic E-state index is 14.2. The van der Waals surface area contributed by atoms with Crippen LogP contribution in [0.2, 0.25) is 0 Å². The number of aromatic nitrogens is 2. The highest BCUT2D eigenvalue weighted by Gasteiger charge is 2.35. The van der Waals surface area contributed by atoms with Crippen molar-refractivity contribution < 1.29 is 9.18 Å². The third-order valence-electron chi connectivity index (χ3n) is 5.55. The Bertz CT molecular complexity index is 981. The van der Waals surface area contributed by atoms with E-state index >= 15 is 0 Å². The van der Waals surface area contributed by atoms with E-state index in [0.29, 0.717) is 18.7 Å². The van der Waals surface area contributed by atoms with E-state index in [1.165, 1.54) is 25.3 Å². The summed E-state index contributed by atoms with van der Waals surface area (Å²) in [5.41, 5.74) is 2.44. The number of para-hydroxylation sites is 3. The highest BCUT2D eigenvalue weighted by molar-refractivity contribution is 5.96. The van der Waals surface area contributed by atoms with Crippen LogP contribution >= 0.6 is 0 Å². The van der Waals surface area contributed by atoms with Gasteiger partial charge in [0.1, 0.15) is 11.6 Å². The minimum Gasteiger partial charge on any atom is -0.328 e. The predicted molar refractivity (Wildman–Crippen MR) is 110 cm³/mol. The number of imidazole rings is 1. The summed E-state index contributed by atoms with van der Waals surface area (Å²) in [5.74, 6) is 0.528. The molecule has 0 aliphatic carbocycles. The molecule has 1 aromatic heterocycles. The number of halogens is 1. The van der Waals surface area contributed by atoms with Gasteiger partial charge in [-0.1, -0.05) is 50.5 Å². The Kier molecular flexibility index (Phi) is 5.42. The normalized spacial score (nSPS) is 17.0. The molecule has 28 heavy (non-hydrogen) atoms. The Hall–Kier alpha value is -2.69. The molecule has 1 atom stereocenters. The zero-order valence-corrected chi connectivity index (χ0v) is 16.3. The van der Waals surface area contributed by atoms with E-state index in [9.17, 15) is 9.18 Å². The van der Waals surface area contributed by atoms with E-state index in [-0.39, 0.29) is 17.6 Å². The molecule has 0 unspecified atom stereocenters. The van der Waals surface area contributed by atoms with Gasteiger partial charge in [0, 0.05) is 25.4 Å². The van der Waals surface area contributed by atoms with Crippen LogP contribution in [0.5, 0.6) is 0 Å². The van der Waals surface area contributed by atoms with E-state index in [0.717, 1.165) is 29.8 Å². The number of hydrogen-bond donors (Lipinski definition) is 0. The molecule has 5 heteroatoms. The molecule has 1 aliphatic heterocycles. The van der Waals surface area contributed by atoms with Crippen LogP contribution in [0.25, 0.3) is 11.0 Å². The van der Waals surface area contributed by atoms with Crippen molar-refractivity contribution in [3.05, 3.63) is 60.2 Å². The van der Waals surface area contributed by atoms with Crippen LogP contribution in [0.4, 0.5) is 10.1 Å². The molecule has 1 fully saturated rings. The molecule has 0 saturated carbocycles. The number of aryl methyl sites for hydroxylation is 1. The summed E-state index contributed by atoms with van der Waals surface area (Å²) in [6.07, 6.45) is 5.08. The van der Waals surface area contributed by atoms with Gasteiger partial charge in [0.05, 0.1) is 16.7 Å². The molecule has 0 N–H and O–H groups in total. The number of rotatable bonds is 7. The molecule has 4 rings (SSSR count). The average molecular weight is 379 g/mol. The van der Waals surface area contributed by atoms with Crippen molar-refractivity contribution in [1.29, 1.82) is 0 Å². The Labute approximate surface area is 165 Å². The van der Waals surface area contributed by atoms with E-state index in [1.807, 2.05) is 18.2 Å². The number of nitrogens with zero attached hydrogens (tertiary/aromatic N) is 3. The highest BCUT2D eigenvalue weighted by Crippen LogP contribution is 2.34. The van der Waals surface area contributed by atoms with Crippen LogP contribution in [0.3, 0.4) is 0 Å². The molecule has 1 aliphatic rings. The predicted octanol–water partition coefficient (Wildman–Crippen LogP) is 5.28. The number of amides is 1. The van der Waals surface area contributed by atoms with Gasteiger partial charge >= 0.3 is 0 Å². The van der Waals surface area contributed by atoms with Crippen molar-refractivity contribution in [2.45, 2.75) is 51.5 Å². The van der Waals surface area contributed by atoms with Crippen molar-refractivity contribution >= 4 is 22.6 Å². The maximum Gasteiger partial charge on any atom is 0.227 e. The fourth-order valence-corrected chi connectivity index (χ4v) is 4.12. The number of fused-ring (bicyclic) bond motifs is 1. The van der Waals surface area contributed by atoms with Gasteiger partial charge in [0.15, 0.2) is 0 Å². The lowest BCUT2D eigenvalue weighted by Gasteiger charge is -2.18. The fourth-order valence-electron chi connectivity index (χ4n) is 4.12. The summed E-state index contributed by atoms with van der Waals surface area (Å²) in [7, 11) is 0. The Morgan fingerprint density at radius 2 is 1.86 bits per heavy atom. The fraction of sp³-hybridized carbons (Fsp3) is 0.391. The monoisotopic (exact) mass is 379 g/mol. The summed E-state index contributed by atoms with van der Waals surface area (Å²) in [6, 6.07) is 14.6. The van der Waals surface area contributed by atoms with Crippen LogP contribution < -0.4 is 4.90 Å². The van der Waals surface area contributed by atoms with E-state index in [2.05, 4.69) is 17.6 Å². The van der Waals surface area contributed by atoms with Crippen molar-refractivity contribution in [1.82, 2.24) is 9.55 Å². The van der Waals surface area contributed by atoms with Gasteiger partial charge in [-0.2, -0.15) is 0 Å². The molecule has 0 spiro atoms. The first-order valence-corrected chi connectivity index (χ1v) is 10.2. The summed E-state index contributed by atoms with van der Waals surface area (Å²) in [6.45, 7) is 3.58. The van der Waals surface area contributed by atoms with Crippen molar-refractivity contribution in [2.24, 2.45) is 0 Å². The lowest BCUT2D eigenvalue weighted by Crippen LogP contribution is -2.25. The first kappa shape index (κ1) is 18.7. The number of anilines is 1. The lowest BCUT2D eigenvalue weighted by atomic mass is 10.1. The van der Waals surface area contributed by atoms with Gasteiger partial charge in [0.25, 0.3) is 0 Å². The van der Waals surface area contributed by atoms with Gasteiger partial charge in [-0.25, -0.2) is 9.37 Å². The summed E-state index contributed by atoms with van der Waals surface area (Å²) in [4.78, 5) is 19.1. The van der Waals surface area contributed by atoms with Crippen molar-refractivity contribution in [3.63, 3.8) is 0 Å². The second-order valence-electron chi connectivity index (χ2n) is 7.53. The Morgan fingerprint density at radius 1 is 1.07 bits per heavy atom. The minimum atomic E-state index is -0.357. The van der Waals surface area contributed by atoms with Crippen LogP contribution in [-0.2, 0) is 11.3 Å². The first-order chi connectivity index (χ1) is 13.7. The molecule has 4 nitrogen and oxygen atoms in total. The molecule has 3 aromatic rings. The Morgan fingerprint density at radius 3 is 2.68 bits per heavy atom. The number of hydrogen-bond acceptors (Lipinski definition) is 2. The Balaban J connectivity index is 1.63. The third-order valence-corrected chi connectivity index (χ3v) is 5.55. The molecule has 2 heterocycles. The summed E-state index contributed by atoms with van der Waals surface area (Å²) >= 11 is 0. The number of unbranched alkanes of at least 4 members (excludes halogenated alkanes) is 3. The summed E-state index contributed by atoms with van der Waals surface area (Å²) < 4.78 is 16.5. The van der Waals surface area contributed by atoms with Gasteiger partial charge in [-0.05, 0) is 30.7 Å². The molecule has 0 bridgehead atoms. The minimum absolute atomic E-state index is 0.0225. The van der Waals surface area contributed by atoms with Crippen LogP contribution in [-0.4, -0.2) is 22.0 Å². The largest absolute Gasteiger partial charge is 0.328 e. The average Bonchev–Trinajstić information content (AvgIpc) is 3.26. The lowest BCUT2D eigenvalue weighted by molar-refractivity contribution is -0.117. The maximum atomic E-state index is 14.2. The molecule has 1 amide bonds. The topological polar surface area (TPSA) is 38.1 Å². The van der Waals surface area contributed by atoms with Gasteiger partial charge < -0.3 is 9.47 Å². The van der Waals surface area contributed by atoms with E-state index in [1.54, 1.807) is 23.1 Å². The quantitative estimate of drug-likeness (QED) is 0.524. The van der Waals surface area contributed by atoms with E-state index in [4.69, 9.17) is 4.98 Å². The highest BCUT2D eigenvalue weighted by atomic mass is 19.1. The molecule has 0 radical (unpaired) electrons. The van der Waals surface area contributed by atoms with Gasteiger partial charge in [-0.15, -0.1) is 0 Å². The molecule has 146 valence electrons.